The first-order valence-corrected chi connectivity index (χ1v) is 4.58. The minimum atomic E-state index is 0.610. The Balaban J connectivity index is 2.41. The van der Waals surface area contributed by atoms with Gasteiger partial charge >= 0.3 is 0 Å². The molecule has 4 heteroatoms. The largest absolute Gasteiger partial charge is 0.290 e. The summed E-state index contributed by atoms with van der Waals surface area (Å²) in [6.07, 6.45) is 0. The molecular formula is C8H8N2OS. The van der Waals surface area contributed by atoms with E-state index < -0.39 is 0 Å². The number of thioether (sulfide) groups is 1. The van der Waals surface area contributed by atoms with Gasteiger partial charge in [0, 0.05) is 4.90 Å². The summed E-state index contributed by atoms with van der Waals surface area (Å²) in [7, 11) is 0. The van der Waals surface area contributed by atoms with E-state index in [9.17, 15) is 0 Å². The first-order chi connectivity index (χ1) is 5.90. The molecule has 2 rings (SSSR count). The molecule has 0 bridgehead atoms. The van der Waals surface area contributed by atoms with Crippen LogP contribution in [0.5, 0.6) is 0 Å². The first kappa shape index (κ1) is 7.64. The molecule has 1 heterocycles. The van der Waals surface area contributed by atoms with Crippen molar-refractivity contribution < 1.29 is 5.21 Å². The number of nitrogens with zero attached hydrogens (tertiary/aromatic N) is 1. The molecule has 1 aromatic rings. The van der Waals surface area contributed by atoms with Gasteiger partial charge in [-0.2, -0.15) is 0 Å². The highest BCUT2D eigenvalue weighted by molar-refractivity contribution is 8.00. The average molecular weight is 180 g/mol. The van der Waals surface area contributed by atoms with Crippen LogP contribution in [0.25, 0.3) is 0 Å². The standard InChI is InChI=1S/C8H8N2OS/c11-10-8-5-12-7-4-2-1-3-6(7)9-8/h1-4,11H,5H2,(H,9,10). The summed E-state index contributed by atoms with van der Waals surface area (Å²) in [5.74, 6) is 1.31. The van der Waals surface area contributed by atoms with Crippen LogP contribution in [0.15, 0.2) is 34.2 Å². The number of hydrogen-bond acceptors (Lipinski definition) is 4. The molecule has 1 aliphatic heterocycles. The highest BCUT2D eigenvalue weighted by Crippen LogP contribution is 2.32. The number of rotatable bonds is 0. The lowest BCUT2D eigenvalue weighted by atomic mass is 10.3. The van der Waals surface area contributed by atoms with Gasteiger partial charge in [0.25, 0.3) is 0 Å². The van der Waals surface area contributed by atoms with Gasteiger partial charge in [-0.1, -0.05) is 12.1 Å². The molecule has 62 valence electrons. The zero-order valence-corrected chi connectivity index (χ0v) is 7.14. The number of para-hydroxylation sites is 1. The van der Waals surface area contributed by atoms with E-state index in [0.29, 0.717) is 11.6 Å². The Kier molecular flexibility index (Phi) is 2.01. The second-order valence-electron chi connectivity index (χ2n) is 2.43. The Morgan fingerprint density at radius 1 is 1.42 bits per heavy atom. The van der Waals surface area contributed by atoms with Gasteiger partial charge in [0.15, 0.2) is 0 Å². The van der Waals surface area contributed by atoms with E-state index in [1.54, 1.807) is 11.8 Å². The lowest BCUT2D eigenvalue weighted by Gasteiger charge is -2.12. The molecule has 0 aliphatic carbocycles. The van der Waals surface area contributed by atoms with Crippen molar-refractivity contribution in [1.82, 2.24) is 5.48 Å². The number of fused-ring (bicyclic) bond motifs is 1. The van der Waals surface area contributed by atoms with Gasteiger partial charge in [0.05, 0.1) is 11.4 Å². The van der Waals surface area contributed by atoms with Crippen molar-refractivity contribution in [2.75, 3.05) is 5.75 Å². The summed E-state index contributed by atoms with van der Waals surface area (Å²) in [6, 6.07) is 7.87. The van der Waals surface area contributed by atoms with Crippen LogP contribution in [-0.2, 0) is 0 Å². The zero-order chi connectivity index (χ0) is 8.39. The van der Waals surface area contributed by atoms with Crippen LogP contribution in [0.4, 0.5) is 5.69 Å². The third-order valence-corrected chi connectivity index (χ3v) is 2.69. The van der Waals surface area contributed by atoms with E-state index >= 15 is 0 Å². The van der Waals surface area contributed by atoms with Crippen molar-refractivity contribution in [3.63, 3.8) is 0 Å². The number of nitrogens with one attached hydrogen (secondary N) is 1. The van der Waals surface area contributed by atoms with Gasteiger partial charge < -0.3 is 0 Å². The average Bonchev–Trinajstić information content (AvgIpc) is 2.17. The minimum absolute atomic E-state index is 0.610. The Labute approximate surface area is 74.5 Å². The third-order valence-electron chi connectivity index (χ3n) is 1.61. The molecule has 0 radical (unpaired) electrons. The van der Waals surface area contributed by atoms with E-state index in [4.69, 9.17) is 5.21 Å². The lowest BCUT2D eigenvalue weighted by molar-refractivity contribution is 0.234. The predicted octanol–water partition coefficient (Wildman–Crippen LogP) is 1.80. The van der Waals surface area contributed by atoms with Crippen LogP contribution < -0.4 is 5.48 Å². The van der Waals surface area contributed by atoms with Gasteiger partial charge in [-0.25, -0.2) is 4.99 Å². The molecule has 1 aliphatic rings. The van der Waals surface area contributed by atoms with Crippen LogP contribution >= 0.6 is 11.8 Å². The lowest BCUT2D eigenvalue weighted by Crippen LogP contribution is -2.22. The van der Waals surface area contributed by atoms with Crippen LogP contribution in [0.2, 0.25) is 0 Å². The molecule has 0 atom stereocenters. The number of benzene rings is 1. The summed E-state index contributed by atoms with van der Waals surface area (Å²) in [4.78, 5) is 5.36. The van der Waals surface area contributed by atoms with Crippen molar-refractivity contribution in [1.29, 1.82) is 0 Å². The predicted molar refractivity (Wildman–Crippen MR) is 49.2 cm³/mol. The summed E-state index contributed by atoms with van der Waals surface area (Å²) in [5, 5.41) is 8.62. The molecule has 0 aromatic heterocycles. The van der Waals surface area contributed by atoms with Crippen molar-refractivity contribution >= 4 is 23.3 Å². The molecule has 1 aromatic carbocycles. The fourth-order valence-corrected chi connectivity index (χ4v) is 1.91. The molecule has 0 saturated carbocycles. The number of aliphatic imine (C=N–C) groups is 1. The fraction of sp³-hybridized carbons (Fsp3) is 0.125. The van der Waals surface area contributed by atoms with Crippen LogP contribution in [-0.4, -0.2) is 16.8 Å². The van der Waals surface area contributed by atoms with E-state index in [0.717, 1.165) is 10.6 Å². The van der Waals surface area contributed by atoms with Gasteiger partial charge in [-0.05, 0) is 12.1 Å². The van der Waals surface area contributed by atoms with Crippen molar-refractivity contribution in [3.8, 4) is 0 Å². The van der Waals surface area contributed by atoms with Crippen LogP contribution in [0, 0.1) is 0 Å². The Morgan fingerprint density at radius 3 is 3.08 bits per heavy atom. The first-order valence-electron chi connectivity index (χ1n) is 3.59. The highest BCUT2D eigenvalue weighted by Gasteiger charge is 2.10. The Morgan fingerprint density at radius 2 is 2.25 bits per heavy atom. The maximum Gasteiger partial charge on any atom is 0.136 e. The molecule has 0 spiro atoms. The van der Waals surface area contributed by atoms with E-state index in [-0.39, 0.29) is 0 Å². The molecule has 0 amide bonds. The second kappa shape index (κ2) is 3.16. The molecular weight excluding hydrogens is 172 g/mol. The fourth-order valence-electron chi connectivity index (χ4n) is 1.05. The minimum Gasteiger partial charge on any atom is -0.290 e. The quantitative estimate of drug-likeness (QED) is 0.598. The van der Waals surface area contributed by atoms with Gasteiger partial charge in [0.2, 0.25) is 0 Å². The summed E-state index contributed by atoms with van der Waals surface area (Å²) >= 11 is 1.67. The van der Waals surface area contributed by atoms with Gasteiger partial charge in [-0.15, -0.1) is 11.8 Å². The topological polar surface area (TPSA) is 44.6 Å². The molecule has 0 fully saturated rings. The summed E-state index contributed by atoms with van der Waals surface area (Å²) in [6.45, 7) is 0. The SMILES string of the molecule is ONC1=Nc2ccccc2SC1. The molecule has 3 nitrogen and oxygen atoms in total. The number of hydrogen-bond donors (Lipinski definition) is 2. The molecule has 12 heavy (non-hydrogen) atoms. The van der Waals surface area contributed by atoms with Crippen LogP contribution in [0.1, 0.15) is 0 Å². The Bertz CT molecular complexity index is 325. The maximum absolute atomic E-state index is 8.62. The highest BCUT2D eigenvalue weighted by atomic mass is 32.2. The maximum atomic E-state index is 8.62. The third kappa shape index (κ3) is 1.31. The van der Waals surface area contributed by atoms with Gasteiger partial charge in [0.1, 0.15) is 5.84 Å². The normalized spacial score (nSPS) is 14.9. The number of amidine groups is 1. The summed E-state index contributed by atoms with van der Waals surface area (Å²) in [5.41, 5.74) is 3.00. The smallest absolute Gasteiger partial charge is 0.136 e. The van der Waals surface area contributed by atoms with Crippen molar-refractivity contribution in [2.24, 2.45) is 4.99 Å². The van der Waals surface area contributed by atoms with Gasteiger partial charge in [-0.3, -0.25) is 10.7 Å². The summed E-state index contributed by atoms with van der Waals surface area (Å²) < 4.78 is 0. The Hall–Kier alpha value is -1.00. The van der Waals surface area contributed by atoms with Crippen LogP contribution in [0.3, 0.4) is 0 Å². The monoisotopic (exact) mass is 180 g/mol. The number of hydroxylamine groups is 1. The van der Waals surface area contributed by atoms with E-state index in [2.05, 4.69) is 10.5 Å². The zero-order valence-electron chi connectivity index (χ0n) is 6.32. The van der Waals surface area contributed by atoms with Crippen molar-refractivity contribution in [2.45, 2.75) is 4.90 Å². The molecule has 0 saturated heterocycles. The van der Waals surface area contributed by atoms with Crippen molar-refractivity contribution in [3.05, 3.63) is 24.3 Å². The molecule has 2 N–H and O–H groups in total. The van der Waals surface area contributed by atoms with E-state index in [1.165, 1.54) is 0 Å². The molecule has 0 unspecified atom stereocenters. The van der Waals surface area contributed by atoms with E-state index in [1.807, 2.05) is 24.3 Å². The second-order valence-corrected chi connectivity index (χ2v) is 3.44.